The molecule has 19 heavy (non-hydrogen) atoms. The fraction of sp³-hybridized carbons (Fsp3) is 0.167. The molecule has 1 N–H and O–H groups in total. The molecule has 0 spiro atoms. The molecule has 0 unspecified atom stereocenters. The largest absolute Gasteiger partial charge is 0.436 e. The summed E-state index contributed by atoms with van der Waals surface area (Å²) in [7, 11) is 0. The molecule has 0 bridgehead atoms. The zero-order chi connectivity index (χ0) is 13.8. The van der Waals surface area contributed by atoms with Gasteiger partial charge in [-0.1, -0.05) is 34.8 Å². The van der Waals surface area contributed by atoms with Crippen LogP contribution in [-0.4, -0.2) is 16.5 Å². The number of rotatable bonds is 4. The summed E-state index contributed by atoms with van der Waals surface area (Å²) in [6.45, 7) is 2.71. The van der Waals surface area contributed by atoms with Crippen molar-refractivity contribution in [2.75, 3.05) is 11.9 Å². The van der Waals surface area contributed by atoms with Gasteiger partial charge in [0.05, 0.1) is 27.5 Å². The molecule has 1 aromatic carbocycles. The van der Waals surface area contributed by atoms with E-state index in [-0.39, 0.29) is 0 Å². The summed E-state index contributed by atoms with van der Waals surface area (Å²) < 4.78 is 5.54. The third-order valence-electron chi connectivity index (χ3n) is 2.16. The van der Waals surface area contributed by atoms with Crippen molar-refractivity contribution in [1.82, 2.24) is 9.97 Å². The van der Waals surface area contributed by atoms with Crippen LogP contribution in [0.4, 0.5) is 5.82 Å². The van der Waals surface area contributed by atoms with Crippen molar-refractivity contribution in [3.05, 3.63) is 39.6 Å². The first kappa shape index (κ1) is 14.2. The monoisotopic (exact) mass is 317 g/mol. The van der Waals surface area contributed by atoms with Crippen LogP contribution >= 0.6 is 34.8 Å². The molecule has 1 aromatic heterocycles. The third kappa shape index (κ3) is 3.62. The molecule has 2 rings (SSSR count). The van der Waals surface area contributed by atoms with Crippen LogP contribution in [0, 0.1) is 0 Å². The van der Waals surface area contributed by atoms with E-state index in [1.807, 2.05) is 6.92 Å². The van der Waals surface area contributed by atoms with Crippen LogP contribution in [0.5, 0.6) is 11.6 Å². The lowest BCUT2D eigenvalue weighted by molar-refractivity contribution is 0.461. The van der Waals surface area contributed by atoms with Gasteiger partial charge in [-0.3, -0.25) is 4.98 Å². The van der Waals surface area contributed by atoms with Gasteiger partial charge in [0.15, 0.2) is 0 Å². The fourth-order valence-corrected chi connectivity index (χ4v) is 1.93. The van der Waals surface area contributed by atoms with Crippen molar-refractivity contribution in [3.63, 3.8) is 0 Å². The van der Waals surface area contributed by atoms with Gasteiger partial charge in [-0.15, -0.1) is 0 Å². The average Bonchev–Trinajstić information content (AvgIpc) is 2.37. The maximum absolute atomic E-state index is 6.02. The highest BCUT2D eigenvalue weighted by atomic mass is 35.5. The van der Waals surface area contributed by atoms with E-state index in [2.05, 4.69) is 15.3 Å². The van der Waals surface area contributed by atoms with Crippen LogP contribution in [0.25, 0.3) is 0 Å². The molecule has 0 saturated heterocycles. The van der Waals surface area contributed by atoms with E-state index in [4.69, 9.17) is 39.5 Å². The molecule has 0 aliphatic carbocycles. The molecule has 1 heterocycles. The standard InChI is InChI=1S/C12H10Cl3N3O/c1-2-17-11-5-16-6-12(18-11)19-10-4-8(14)7(13)3-9(10)15/h3-6H,2H2,1H3,(H,17,18). The predicted octanol–water partition coefficient (Wildman–Crippen LogP) is 4.66. The van der Waals surface area contributed by atoms with Gasteiger partial charge >= 0.3 is 0 Å². The third-order valence-corrected chi connectivity index (χ3v) is 3.18. The normalized spacial score (nSPS) is 10.3. The molecule has 100 valence electrons. The molecule has 0 saturated carbocycles. The number of ether oxygens (including phenoxy) is 1. The highest BCUT2D eigenvalue weighted by molar-refractivity contribution is 6.43. The first-order valence-electron chi connectivity index (χ1n) is 5.48. The van der Waals surface area contributed by atoms with Crippen LogP contribution in [0.3, 0.4) is 0 Å². The Morgan fingerprint density at radius 1 is 1.11 bits per heavy atom. The lowest BCUT2D eigenvalue weighted by Crippen LogP contribution is -2.00. The van der Waals surface area contributed by atoms with E-state index >= 15 is 0 Å². The smallest absolute Gasteiger partial charge is 0.239 e. The molecule has 4 nitrogen and oxygen atoms in total. The number of aromatic nitrogens is 2. The zero-order valence-electron chi connectivity index (χ0n) is 9.95. The highest BCUT2D eigenvalue weighted by Crippen LogP contribution is 2.35. The van der Waals surface area contributed by atoms with Crippen molar-refractivity contribution in [2.45, 2.75) is 6.92 Å². The summed E-state index contributed by atoms with van der Waals surface area (Å²) in [5, 5.41) is 4.11. The number of nitrogens with zero attached hydrogens (tertiary/aromatic N) is 2. The van der Waals surface area contributed by atoms with Gasteiger partial charge in [-0.05, 0) is 13.0 Å². The molecule has 0 radical (unpaired) electrons. The van der Waals surface area contributed by atoms with Gasteiger partial charge in [-0.25, -0.2) is 0 Å². The Morgan fingerprint density at radius 2 is 1.84 bits per heavy atom. The molecule has 0 atom stereocenters. The van der Waals surface area contributed by atoms with E-state index in [0.717, 1.165) is 6.54 Å². The molecular formula is C12H10Cl3N3O. The zero-order valence-corrected chi connectivity index (χ0v) is 12.2. The van der Waals surface area contributed by atoms with E-state index in [1.165, 1.54) is 18.3 Å². The maximum atomic E-state index is 6.02. The highest BCUT2D eigenvalue weighted by Gasteiger charge is 2.09. The van der Waals surface area contributed by atoms with Gasteiger partial charge in [0.2, 0.25) is 5.88 Å². The Morgan fingerprint density at radius 3 is 2.58 bits per heavy atom. The van der Waals surface area contributed by atoms with E-state index in [1.54, 1.807) is 6.20 Å². The lowest BCUT2D eigenvalue weighted by Gasteiger charge is -2.09. The molecule has 0 amide bonds. The number of halogens is 3. The van der Waals surface area contributed by atoms with Crippen LogP contribution < -0.4 is 10.1 Å². The molecule has 0 fully saturated rings. The molecule has 2 aromatic rings. The Bertz CT molecular complexity index is 592. The quantitative estimate of drug-likeness (QED) is 0.833. The fourth-order valence-electron chi connectivity index (χ4n) is 1.36. The average molecular weight is 319 g/mol. The second-order valence-corrected chi connectivity index (χ2v) is 4.79. The summed E-state index contributed by atoms with van der Waals surface area (Å²) in [5.41, 5.74) is 0. The summed E-state index contributed by atoms with van der Waals surface area (Å²) in [5.74, 6) is 1.31. The van der Waals surface area contributed by atoms with Crippen LogP contribution in [0.15, 0.2) is 24.5 Å². The van der Waals surface area contributed by atoms with Gasteiger partial charge < -0.3 is 10.1 Å². The summed E-state index contributed by atoms with van der Waals surface area (Å²) in [4.78, 5) is 8.24. The Hall–Kier alpha value is -1.23. The SMILES string of the molecule is CCNc1cncc(Oc2cc(Cl)c(Cl)cc2Cl)n1. The topological polar surface area (TPSA) is 47.0 Å². The summed E-state index contributed by atoms with van der Waals surface area (Å²) >= 11 is 17.8. The number of hydrogen-bond donors (Lipinski definition) is 1. The number of nitrogens with one attached hydrogen (secondary N) is 1. The lowest BCUT2D eigenvalue weighted by atomic mass is 10.3. The van der Waals surface area contributed by atoms with Crippen LogP contribution in [0.2, 0.25) is 15.1 Å². The first-order valence-corrected chi connectivity index (χ1v) is 6.62. The molecule has 0 aliphatic rings. The predicted molar refractivity (Wildman–Crippen MR) is 77.7 cm³/mol. The van der Waals surface area contributed by atoms with Crippen molar-refractivity contribution in [1.29, 1.82) is 0 Å². The Kier molecular flexibility index (Phi) is 4.69. The van der Waals surface area contributed by atoms with Gasteiger partial charge in [0.25, 0.3) is 0 Å². The number of hydrogen-bond acceptors (Lipinski definition) is 4. The van der Waals surface area contributed by atoms with Crippen LogP contribution in [0.1, 0.15) is 6.92 Å². The first-order chi connectivity index (χ1) is 9.10. The minimum atomic E-state index is 0.318. The minimum absolute atomic E-state index is 0.318. The second-order valence-electron chi connectivity index (χ2n) is 3.57. The second kappa shape index (κ2) is 6.28. The van der Waals surface area contributed by atoms with E-state index in [0.29, 0.717) is 32.5 Å². The molecule has 0 aliphatic heterocycles. The van der Waals surface area contributed by atoms with Gasteiger partial charge in [0, 0.05) is 12.6 Å². The summed E-state index contributed by atoms with van der Waals surface area (Å²) in [6.07, 6.45) is 3.09. The summed E-state index contributed by atoms with van der Waals surface area (Å²) in [6, 6.07) is 3.05. The number of anilines is 1. The number of benzene rings is 1. The minimum Gasteiger partial charge on any atom is -0.436 e. The van der Waals surface area contributed by atoms with Gasteiger partial charge in [-0.2, -0.15) is 4.98 Å². The van der Waals surface area contributed by atoms with Crippen molar-refractivity contribution >= 4 is 40.6 Å². The Labute approximate surface area is 125 Å². The van der Waals surface area contributed by atoms with Crippen molar-refractivity contribution < 1.29 is 4.74 Å². The van der Waals surface area contributed by atoms with Crippen LogP contribution in [-0.2, 0) is 0 Å². The van der Waals surface area contributed by atoms with Crippen molar-refractivity contribution in [3.8, 4) is 11.6 Å². The maximum Gasteiger partial charge on any atom is 0.239 e. The van der Waals surface area contributed by atoms with Gasteiger partial charge in [0.1, 0.15) is 11.6 Å². The Balaban J connectivity index is 2.25. The van der Waals surface area contributed by atoms with Crippen molar-refractivity contribution in [2.24, 2.45) is 0 Å². The van der Waals surface area contributed by atoms with E-state index < -0.39 is 0 Å². The molecule has 7 heteroatoms. The molecular weight excluding hydrogens is 309 g/mol. The van der Waals surface area contributed by atoms with E-state index in [9.17, 15) is 0 Å².